The van der Waals surface area contributed by atoms with Crippen LogP contribution in [-0.4, -0.2) is 37.5 Å². The van der Waals surface area contributed by atoms with E-state index in [1.165, 1.54) is 11.0 Å². The Morgan fingerprint density at radius 2 is 1.73 bits per heavy atom. The molecule has 2 aromatic carbocycles. The maximum Gasteiger partial charge on any atom is 0.331 e. The van der Waals surface area contributed by atoms with Crippen molar-refractivity contribution in [2.75, 3.05) is 20.8 Å². The Hall–Kier alpha value is -2.79. The molecule has 0 bridgehead atoms. The molecule has 0 aliphatic heterocycles. The second-order valence-corrected chi connectivity index (χ2v) is 6.03. The molecular weight excluding hydrogens is 354 g/mol. The zero-order valence-electron chi connectivity index (χ0n) is 14.6. The molecule has 0 spiro atoms. The first-order chi connectivity index (χ1) is 12.5. The fourth-order valence-corrected chi connectivity index (χ4v) is 2.25. The van der Waals surface area contributed by atoms with Gasteiger partial charge in [0.25, 0.3) is 5.91 Å². The molecule has 1 amide bonds. The number of amides is 1. The number of likely N-dealkylation sites (N-methyl/N-ethyl adjacent to an activating group) is 1. The Balaban J connectivity index is 1.78. The molecule has 136 valence electrons. The highest BCUT2D eigenvalue weighted by molar-refractivity contribution is 6.30. The molecule has 0 aromatic heterocycles. The quantitative estimate of drug-likeness (QED) is 0.550. The highest BCUT2D eigenvalue weighted by Crippen LogP contribution is 2.13. The van der Waals surface area contributed by atoms with Gasteiger partial charge in [-0.2, -0.15) is 0 Å². The molecule has 0 aliphatic carbocycles. The summed E-state index contributed by atoms with van der Waals surface area (Å²) in [6.45, 7) is 0.102. The summed E-state index contributed by atoms with van der Waals surface area (Å²) in [5.41, 5.74) is 1.77. The highest BCUT2D eigenvalue weighted by atomic mass is 35.5. The smallest absolute Gasteiger partial charge is 0.331 e. The van der Waals surface area contributed by atoms with Gasteiger partial charge in [0, 0.05) is 24.7 Å². The molecule has 0 N–H and O–H groups in total. The normalized spacial score (nSPS) is 10.6. The Labute approximate surface area is 157 Å². The number of benzene rings is 2. The van der Waals surface area contributed by atoms with Crippen LogP contribution in [0.3, 0.4) is 0 Å². The van der Waals surface area contributed by atoms with Crippen molar-refractivity contribution in [1.82, 2.24) is 4.90 Å². The van der Waals surface area contributed by atoms with Gasteiger partial charge < -0.3 is 14.4 Å². The lowest BCUT2D eigenvalue weighted by Gasteiger charge is -2.17. The molecule has 26 heavy (non-hydrogen) atoms. The van der Waals surface area contributed by atoms with E-state index in [-0.39, 0.29) is 12.5 Å². The SMILES string of the molecule is COc1ccc(/C=C/C(=O)OCC(=O)N(C)Cc2ccc(Cl)cc2)cc1. The minimum absolute atomic E-state index is 0.286. The predicted octanol–water partition coefficient (Wildman–Crippen LogP) is 3.56. The maximum atomic E-state index is 12.0. The summed E-state index contributed by atoms with van der Waals surface area (Å²) in [6, 6.07) is 14.4. The minimum Gasteiger partial charge on any atom is -0.497 e. The third-order valence-electron chi connectivity index (χ3n) is 3.62. The molecule has 2 aromatic rings. The van der Waals surface area contributed by atoms with Crippen LogP contribution in [-0.2, 0) is 20.9 Å². The summed E-state index contributed by atoms with van der Waals surface area (Å²) in [4.78, 5) is 25.3. The van der Waals surface area contributed by atoms with Gasteiger partial charge in [0.1, 0.15) is 5.75 Å². The molecule has 0 saturated heterocycles. The van der Waals surface area contributed by atoms with E-state index in [4.69, 9.17) is 21.1 Å². The number of halogens is 1. The second-order valence-electron chi connectivity index (χ2n) is 5.59. The fraction of sp³-hybridized carbons (Fsp3) is 0.200. The lowest BCUT2D eigenvalue weighted by Crippen LogP contribution is -2.30. The summed E-state index contributed by atoms with van der Waals surface area (Å²) in [7, 11) is 3.24. The molecule has 0 unspecified atom stereocenters. The summed E-state index contributed by atoms with van der Waals surface area (Å²) in [6.07, 6.45) is 2.90. The van der Waals surface area contributed by atoms with E-state index in [1.807, 2.05) is 24.3 Å². The number of carbonyl (C=O) groups excluding carboxylic acids is 2. The first-order valence-electron chi connectivity index (χ1n) is 7.95. The van der Waals surface area contributed by atoms with Gasteiger partial charge in [0.05, 0.1) is 7.11 Å². The van der Waals surface area contributed by atoms with E-state index in [2.05, 4.69) is 0 Å². The largest absolute Gasteiger partial charge is 0.497 e. The van der Waals surface area contributed by atoms with Gasteiger partial charge in [0.15, 0.2) is 6.61 Å². The number of carbonyl (C=O) groups is 2. The third kappa shape index (κ3) is 6.26. The molecule has 0 aliphatic rings. The molecule has 2 rings (SSSR count). The number of methoxy groups -OCH3 is 1. The molecule has 0 fully saturated rings. The van der Waals surface area contributed by atoms with Crippen molar-refractivity contribution in [3.8, 4) is 5.75 Å². The van der Waals surface area contributed by atoms with Crippen LogP contribution in [0, 0.1) is 0 Å². The standard InChI is InChI=1S/C20H20ClNO4/c1-22(13-16-3-8-17(21)9-4-16)19(23)14-26-20(24)12-7-15-5-10-18(25-2)11-6-15/h3-12H,13-14H2,1-2H3/b12-7+. The summed E-state index contributed by atoms with van der Waals surface area (Å²) >= 11 is 5.83. The van der Waals surface area contributed by atoms with Gasteiger partial charge in [-0.1, -0.05) is 35.9 Å². The summed E-state index contributed by atoms with van der Waals surface area (Å²) in [5, 5.41) is 0.639. The number of rotatable bonds is 7. The van der Waals surface area contributed by atoms with Gasteiger partial charge >= 0.3 is 5.97 Å². The molecular formula is C20H20ClNO4. The van der Waals surface area contributed by atoms with Crippen LogP contribution < -0.4 is 4.74 Å². The Kier molecular flexibility index (Phi) is 7.24. The van der Waals surface area contributed by atoms with Crippen molar-refractivity contribution in [3.05, 3.63) is 70.8 Å². The van der Waals surface area contributed by atoms with Gasteiger partial charge in [-0.3, -0.25) is 4.79 Å². The van der Waals surface area contributed by atoms with E-state index < -0.39 is 5.97 Å². The molecule has 6 heteroatoms. The average Bonchev–Trinajstić information content (AvgIpc) is 2.66. The lowest BCUT2D eigenvalue weighted by atomic mass is 10.2. The number of hydrogen-bond acceptors (Lipinski definition) is 4. The van der Waals surface area contributed by atoms with E-state index in [0.717, 1.165) is 16.9 Å². The number of ether oxygens (including phenoxy) is 2. The van der Waals surface area contributed by atoms with Crippen molar-refractivity contribution >= 4 is 29.6 Å². The average molecular weight is 374 g/mol. The van der Waals surface area contributed by atoms with Crippen molar-refractivity contribution in [2.24, 2.45) is 0 Å². The van der Waals surface area contributed by atoms with Crippen LogP contribution in [0.1, 0.15) is 11.1 Å². The maximum absolute atomic E-state index is 12.0. The lowest BCUT2D eigenvalue weighted by molar-refractivity contribution is -0.147. The molecule has 5 nitrogen and oxygen atoms in total. The van der Waals surface area contributed by atoms with Crippen LogP contribution in [0.5, 0.6) is 5.75 Å². The third-order valence-corrected chi connectivity index (χ3v) is 3.88. The van der Waals surface area contributed by atoms with Crippen LogP contribution in [0.25, 0.3) is 6.08 Å². The van der Waals surface area contributed by atoms with Crippen LogP contribution in [0.15, 0.2) is 54.6 Å². The fourth-order valence-electron chi connectivity index (χ4n) is 2.12. The van der Waals surface area contributed by atoms with Gasteiger partial charge in [-0.15, -0.1) is 0 Å². The van der Waals surface area contributed by atoms with E-state index >= 15 is 0 Å². The predicted molar refractivity (Wildman–Crippen MR) is 101 cm³/mol. The number of esters is 1. The second kappa shape index (κ2) is 9.63. The Morgan fingerprint density at radius 3 is 2.35 bits per heavy atom. The molecule has 0 radical (unpaired) electrons. The molecule has 0 saturated carbocycles. The summed E-state index contributed by atoms with van der Waals surface area (Å²) in [5.74, 6) is -0.126. The van der Waals surface area contributed by atoms with Crippen molar-refractivity contribution in [1.29, 1.82) is 0 Å². The number of hydrogen-bond donors (Lipinski definition) is 0. The van der Waals surface area contributed by atoms with Crippen LogP contribution >= 0.6 is 11.6 Å². The highest BCUT2D eigenvalue weighted by Gasteiger charge is 2.11. The zero-order valence-corrected chi connectivity index (χ0v) is 15.4. The minimum atomic E-state index is -0.575. The Bertz CT molecular complexity index is 769. The van der Waals surface area contributed by atoms with Gasteiger partial charge in [0.2, 0.25) is 0 Å². The van der Waals surface area contributed by atoms with E-state index in [9.17, 15) is 9.59 Å². The van der Waals surface area contributed by atoms with Crippen LogP contribution in [0.4, 0.5) is 0 Å². The first-order valence-corrected chi connectivity index (χ1v) is 8.33. The van der Waals surface area contributed by atoms with Crippen LogP contribution in [0.2, 0.25) is 5.02 Å². The topological polar surface area (TPSA) is 55.8 Å². The monoisotopic (exact) mass is 373 g/mol. The molecule has 0 heterocycles. The Morgan fingerprint density at radius 1 is 1.08 bits per heavy atom. The zero-order chi connectivity index (χ0) is 18.9. The van der Waals surface area contributed by atoms with Gasteiger partial charge in [-0.25, -0.2) is 4.79 Å². The summed E-state index contributed by atoms with van der Waals surface area (Å²) < 4.78 is 10.1. The van der Waals surface area contributed by atoms with Gasteiger partial charge in [-0.05, 0) is 41.5 Å². The van der Waals surface area contributed by atoms with Crippen molar-refractivity contribution < 1.29 is 19.1 Å². The van der Waals surface area contributed by atoms with Crippen molar-refractivity contribution in [2.45, 2.75) is 6.54 Å². The number of nitrogens with zero attached hydrogens (tertiary/aromatic N) is 1. The molecule has 0 atom stereocenters. The van der Waals surface area contributed by atoms with E-state index in [1.54, 1.807) is 44.5 Å². The van der Waals surface area contributed by atoms with Crippen molar-refractivity contribution in [3.63, 3.8) is 0 Å². The first kappa shape index (κ1) is 19.5. The van der Waals surface area contributed by atoms with E-state index in [0.29, 0.717) is 11.6 Å².